The number of ether oxygens (including phenoxy) is 1. The summed E-state index contributed by atoms with van der Waals surface area (Å²) in [6.07, 6.45) is 0.436. The lowest BCUT2D eigenvalue weighted by molar-refractivity contribution is 0.111. The molecule has 0 spiro atoms. The van der Waals surface area contributed by atoms with Crippen LogP contribution in [0.1, 0.15) is 10.4 Å². The van der Waals surface area contributed by atoms with Crippen LogP contribution >= 0.6 is 23.2 Å². The lowest BCUT2D eigenvalue weighted by Crippen LogP contribution is -1.92. The van der Waals surface area contributed by atoms with Crippen LogP contribution in [0.4, 0.5) is 0 Å². The number of aromatic hydroxyl groups is 1. The van der Waals surface area contributed by atoms with Crippen molar-refractivity contribution in [3.05, 3.63) is 21.7 Å². The van der Waals surface area contributed by atoms with Crippen LogP contribution in [0, 0.1) is 0 Å². The maximum Gasteiger partial charge on any atom is 0.157 e. The number of hydrogen-bond acceptors (Lipinski definition) is 3. The van der Waals surface area contributed by atoms with E-state index in [2.05, 4.69) is 0 Å². The smallest absolute Gasteiger partial charge is 0.157 e. The first kappa shape index (κ1) is 10.2. The number of halogens is 2. The number of methoxy groups -OCH3 is 1. The second-order valence-electron chi connectivity index (χ2n) is 2.25. The van der Waals surface area contributed by atoms with E-state index < -0.39 is 0 Å². The van der Waals surface area contributed by atoms with Gasteiger partial charge in [-0.05, 0) is 6.07 Å². The summed E-state index contributed by atoms with van der Waals surface area (Å²) in [5, 5.41) is 9.54. The number of phenolic OH excluding ortho intramolecular Hbond substituents is 1. The molecule has 0 aromatic heterocycles. The van der Waals surface area contributed by atoms with Crippen molar-refractivity contribution >= 4 is 29.5 Å². The van der Waals surface area contributed by atoms with Crippen molar-refractivity contribution in [1.82, 2.24) is 0 Å². The van der Waals surface area contributed by atoms with Gasteiger partial charge in [0.25, 0.3) is 0 Å². The average Bonchev–Trinajstić information content (AvgIpc) is 2.10. The summed E-state index contributed by atoms with van der Waals surface area (Å²) in [5.41, 5.74) is -0.0417. The molecule has 0 atom stereocenters. The van der Waals surface area contributed by atoms with Crippen molar-refractivity contribution in [2.45, 2.75) is 0 Å². The molecule has 5 heteroatoms. The first-order valence-electron chi connectivity index (χ1n) is 3.32. The molecule has 0 aliphatic rings. The van der Waals surface area contributed by atoms with E-state index in [9.17, 15) is 9.90 Å². The zero-order valence-electron chi connectivity index (χ0n) is 6.67. The van der Waals surface area contributed by atoms with Crippen molar-refractivity contribution in [3.63, 3.8) is 0 Å². The molecule has 3 nitrogen and oxygen atoms in total. The predicted octanol–water partition coefficient (Wildman–Crippen LogP) is 2.52. The summed E-state index contributed by atoms with van der Waals surface area (Å²) in [7, 11) is 1.35. The highest BCUT2D eigenvalue weighted by Crippen LogP contribution is 2.38. The predicted molar refractivity (Wildman–Crippen MR) is 50.1 cm³/mol. The third-order valence-corrected chi connectivity index (χ3v) is 2.09. The fourth-order valence-corrected chi connectivity index (χ4v) is 1.48. The van der Waals surface area contributed by atoms with Gasteiger partial charge in [0.2, 0.25) is 0 Å². The Kier molecular flexibility index (Phi) is 3.01. The fourth-order valence-electron chi connectivity index (χ4n) is 0.927. The summed E-state index contributed by atoms with van der Waals surface area (Å²) in [4.78, 5) is 10.6. The van der Waals surface area contributed by atoms with E-state index in [0.29, 0.717) is 6.29 Å². The van der Waals surface area contributed by atoms with Gasteiger partial charge in [-0.2, -0.15) is 0 Å². The monoisotopic (exact) mass is 220 g/mol. The van der Waals surface area contributed by atoms with Crippen molar-refractivity contribution in [1.29, 1.82) is 0 Å². The minimum Gasteiger partial charge on any atom is -0.505 e. The van der Waals surface area contributed by atoms with Gasteiger partial charge < -0.3 is 9.84 Å². The van der Waals surface area contributed by atoms with Gasteiger partial charge in [-0.25, -0.2) is 0 Å². The molecular formula is C8H6Cl2O3. The summed E-state index contributed by atoms with van der Waals surface area (Å²) < 4.78 is 4.82. The summed E-state index contributed by atoms with van der Waals surface area (Å²) >= 11 is 11.3. The van der Waals surface area contributed by atoms with Crippen LogP contribution in [0.15, 0.2) is 6.07 Å². The number of carbonyl (C=O) groups is 1. The zero-order valence-corrected chi connectivity index (χ0v) is 8.19. The highest BCUT2D eigenvalue weighted by molar-refractivity contribution is 6.37. The summed E-state index contributed by atoms with van der Waals surface area (Å²) in [5.74, 6) is -0.198. The summed E-state index contributed by atoms with van der Waals surface area (Å²) in [6.45, 7) is 0. The van der Waals surface area contributed by atoms with E-state index in [1.54, 1.807) is 0 Å². The van der Waals surface area contributed by atoms with Gasteiger partial charge in [0.15, 0.2) is 12.0 Å². The molecule has 0 heterocycles. The van der Waals surface area contributed by atoms with Gasteiger partial charge in [-0.3, -0.25) is 4.79 Å². The van der Waals surface area contributed by atoms with Gasteiger partial charge >= 0.3 is 0 Å². The normalized spacial score (nSPS) is 9.77. The lowest BCUT2D eigenvalue weighted by atomic mass is 10.2. The molecule has 0 radical (unpaired) electrons. The molecule has 0 aliphatic carbocycles. The first-order valence-corrected chi connectivity index (χ1v) is 4.07. The van der Waals surface area contributed by atoms with Crippen LogP contribution in [-0.2, 0) is 0 Å². The molecule has 13 heavy (non-hydrogen) atoms. The molecule has 1 N–H and O–H groups in total. The molecule has 1 aromatic carbocycles. The topological polar surface area (TPSA) is 46.5 Å². The molecule has 70 valence electrons. The van der Waals surface area contributed by atoms with Crippen LogP contribution in [0.2, 0.25) is 10.0 Å². The molecular weight excluding hydrogens is 215 g/mol. The standard InChI is InChI=1S/C8H6Cl2O3/c1-13-8-4(3-11)7(12)5(9)2-6(8)10/h2-3,12H,1H3. The highest BCUT2D eigenvalue weighted by atomic mass is 35.5. The Labute approximate surface area is 84.8 Å². The third-order valence-electron chi connectivity index (χ3n) is 1.52. The van der Waals surface area contributed by atoms with Crippen LogP contribution in [0.25, 0.3) is 0 Å². The van der Waals surface area contributed by atoms with Gasteiger partial charge in [0.05, 0.1) is 17.2 Å². The van der Waals surface area contributed by atoms with Crippen LogP contribution in [0.5, 0.6) is 11.5 Å². The molecule has 0 saturated carbocycles. The van der Waals surface area contributed by atoms with E-state index in [0.717, 1.165) is 0 Å². The van der Waals surface area contributed by atoms with Gasteiger partial charge in [0, 0.05) is 0 Å². The molecule has 1 rings (SSSR count). The van der Waals surface area contributed by atoms with Crippen molar-refractivity contribution < 1.29 is 14.6 Å². The van der Waals surface area contributed by atoms with E-state index in [4.69, 9.17) is 27.9 Å². The Bertz CT molecular complexity index is 350. The van der Waals surface area contributed by atoms with Crippen molar-refractivity contribution in [2.24, 2.45) is 0 Å². The van der Waals surface area contributed by atoms with Crippen molar-refractivity contribution in [2.75, 3.05) is 7.11 Å². The number of hydrogen-bond donors (Lipinski definition) is 1. The third kappa shape index (κ3) is 1.71. The molecule has 0 aliphatic heterocycles. The van der Waals surface area contributed by atoms with E-state index in [-0.39, 0.29) is 27.1 Å². The van der Waals surface area contributed by atoms with E-state index >= 15 is 0 Å². The minimum atomic E-state index is -0.321. The molecule has 0 unspecified atom stereocenters. The lowest BCUT2D eigenvalue weighted by Gasteiger charge is -2.08. The SMILES string of the molecule is COc1c(Cl)cc(Cl)c(O)c1C=O. The Balaban J connectivity index is 3.50. The van der Waals surface area contributed by atoms with Gasteiger partial charge in [-0.1, -0.05) is 23.2 Å². The van der Waals surface area contributed by atoms with Crippen molar-refractivity contribution in [3.8, 4) is 11.5 Å². The average molecular weight is 221 g/mol. The Hall–Kier alpha value is -0.930. The Morgan fingerprint density at radius 3 is 2.54 bits per heavy atom. The number of rotatable bonds is 2. The molecule has 1 aromatic rings. The van der Waals surface area contributed by atoms with Crippen LogP contribution in [0.3, 0.4) is 0 Å². The second-order valence-corrected chi connectivity index (χ2v) is 3.07. The zero-order chi connectivity index (χ0) is 10.0. The van der Waals surface area contributed by atoms with Crippen LogP contribution < -0.4 is 4.74 Å². The summed E-state index contributed by atoms with van der Waals surface area (Å²) in [6, 6.07) is 1.31. The number of phenols is 1. The number of aldehydes is 1. The Morgan fingerprint density at radius 1 is 1.46 bits per heavy atom. The largest absolute Gasteiger partial charge is 0.505 e. The maximum absolute atomic E-state index is 10.6. The number of carbonyl (C=O) groups excluding carboxylic acids is 1. The van der Waals surface area contributed by atoms with Gasteiger partial charge in [0.1, 0.15) is 11.3 Å². The minimum absolute atomic E-state index is 0.0212. The fraction of sp³-hybridized carbons (Fsp3) is 0.125. The van der Waals surface area contributed by atoms with E-state index in [1.807, 2.05) is 0 Å². The van der Waals surface area contributed by atoms with Gasteiger partial charge in [-0.15, -0.1) is 0 Å². The van der Waals surface area contributed by atoms with E-state index in [1.165, 1.54) is 13.2 Å². The Morgan fingerprint density at radius 2 is 2.08 bits per heavy atom. The molecule has 0 amide bonds. The highest BCUT2D eigenvalue weighted by Gasteiger charge is 2.15. The maximum atomic E-state index is 10.6. The number of benzene rings is 1. The quantitative estimate of drug-likeness (QED) is 0.780. The first-order chi connectivity index (χ1) is 6.11. The molecule has 0 bridgehead atoms. The molecule has 0 saturated heterocycles. The molecule has 0 fully saturated rings. The second kappa shape index (κ2) is 3.85. The van der Waals surface area contributed by atoms with Crippen LogP contribution in [-0.4, -0.2) is 18.5 Å².